The number of rotatable bonds is 6. The standard InChI is InChI=1S/C22H16F3NO2/c23-18-11-12-19(22(25)21(18)24)26-20(27)13-8-15-6-9-17(10-7-15)28-14-16-4-2-1-3-5-16/h1-13H,14H2,(H,26,27)/b13-8+. The van der Waals surface area contributed by atoms with Gasteiger partial charge in [-0.3, -0.25) is 4.79 Å². The van der Waals surface area contributed by atoms with Crippen molar-refractivity contribution in [1.29, 1.82) is 0 Å². The van der Waals surface area contributed by atoms with Crippen molar-refractivity contribution in [3.63, 3.8) is 0 Å². The summed E-state index contributed by atoms with van der Waals surface area (Å²) in [5.41, 5.74) is 1.33. The molecule has 3 nitrogen and oxygen atoms in total. The molecule has 0 spiro atoms. The monoisotopic (exact) mass is 383 g/mol. The van der Waals surface area contributed by atoms with Gasteiger partial charge in [0.05, 0.1) is 5.69 Å². The summed E-state index contributed by atoms with van der Waals surface area (Å²) in [6, 6.07) is 18.5. The van der Waals surface area contributed by atoms with E-state index in [0.29, 0.717) is 17.9 Å². The largest absolute Gasteiger partial charge is 0.489 e. The van der Waals surface area contributed by atoms with Crippen molar-refractivity contribution in [3.8, 4) is 5.75 Å². The number of carbonyl (C=O) groups excluding carboxylic acids is 1. The van der Waals surface area contributed by atoms with E-state index in [-0.39, 0.29) is 0 Å². The van der Waals surface area contributed by atoms with Gasteiger partial charge >= 0.3 is 0 Å². The first-order valence-electron chi connectivity index (χ1n) is 8.42. The summed E-state index contributed by atoms with van der Waals surface area (Å²) in [5.74, 6) is -4.39. The third kappa shape index (κ3) is 5.01. The van der Waals surface area contributed by atoms with E-state index in [1.165, 1.54) is 12.2 Å². The van der Waals surface area contributed by atoms with Crippen molar-refractivity contribution >= 4 is 17.7 Å². The van der Waals surface area contributed by atoms with E-state index < -0.39 is 29.0 Å². The average molecular weight is 383 g/mol. The minimum absolute atomic E-state index is 0.432. The van der Waals surface area contributed by atoms with Crippen LogP contribution in [0.2, 0.25) is 0 Å². The second-order valence-electron chi connectivity index (χ2n) is 5.89. The first-order chi connectivity index (χ1) is 13.5. The van der Waals surface area contributed by atoms with Crippen LogP contribution in [0.4, 0.5) is 18.9 Å². The molecule has 0 fully saturated rings. The molecule has 1 N–H and O–H groups in total. The number of ether oxygens (including phenoxy) is 1. The molecule has 0 atom stereocenters. The third-order valence-electron chi connectivity index (χ3n) is 3.85. The Morgan fingerprint density at radius 2 is 1.61 bits per heavy atom. The third-order valence-corrected chi connectivity index (χ3v) is 3.85. The topological polar surface area (TPSA) is 38.3 Å². The molecular weight excluding hydrogens is 367 g/mol. The molecule has 0 unspecified atom stereocenters. The molecule has 0 saturated heterocycles. The fourth-order valence-electron chi connectivity index (χ4n) is 2.38. The summed E-state index contributed by atoms with van der Waals surface area (Å²) in [5, 5.41) is 2.17. The fraction of sp³-hybridized carbons (Fsp3) is 0.0455. The lowest BCUT2D eigenvalue weighted by atomic mass is 10.2. The number of benzene rings is 3. The van der Waals surface area contributed by atoms with Crippen LogP contribution in [0.1, 0.15) is 11.1 Å². The van der Waals surface area contributed by atoms with Gasteiger partial charge in [-0.2, -0.15) is 0 Å². The molecule has 0 saturated carbocycles. The maximum Gasteiger partial charge on any atom is 0.248 e. The molecule has 0 aliphatic carbocycles. The normalized spacial score (nSPS) is 10.8. The molecule has 3 aromatic carbocycles. The van der Waals surface area contributed by atoms with Gasteiger partial charge < -0.3 is 10.1 Å². The van der Waals surface area contributed by atoms with E-state index in [1.54, 1.807) is 24.3 Å². The highest BCUT2D eigenvalue weighted by molar-refractivity contribution is 6.02. The van der Waals surface area contributed by atoms with Gasteiger partial charge in [0.1, 0.15) is 12.4 Å². The zero-order chi connectivity index (χ0) is 19.9. The van der Waals surface area contributed by atoms with E-state index in [2.05, 4.69) is 5.32 Å². The summed E-state index contributed by atoms with van der Waals surface area (Å²) in [6.07, 6.45) is 2.68. The van der Waals surface area contributed by atoms with Gasteiger partial charge in [-0.15, -0.1) is 0 Å². The summed E-state index contributed by atoms with van der Waals surface area (Å²) < 4.78 is 45.3. The molecule has 0 radical (unpaired) electrons. The van der Waals surface area contributed by atoms with Gasteiger partial charge in [0.25, 0.3) is 0 Å². The Balaban J connectivity index is 1.56. The Labute approximate surface area is 160 Å². The van der Waals surface area contributed by atoms with Crippen LogP contribution in [0.3, 0.4) is 0 Å². The van der Waals surface area contributed by atoms with Crippen molar-refractivity contribution in [3.05, 3.63) is 101 Å². The molecule has 0 aliphatic heterocycles. The van der Waals surface area contributed by atoms with Gasteiger partial charge in [-0.25, -0.2) is 13.2 Å². The van der Waals surface area contributed by atoms with Crippen molar-refractivity contribution in [2.75, 3.05) is 5.32 Å². The Kier molecular flexibility index (Phi) is 6.11. The van der Waals surface area contributed by atoms with E-state index in [4.69, 9.17) is 4.74 Å². The number of hydrogen-bond acceptors (Lipinski definition) is 2. The molecule has 3 aromatic rings. The minimum Gasteiger partial charge on any atom is -0.489 e. The first-order valence-corrected chi connectivity index (χ1v) is 8.42. The van der Waals surface area contributed by atoms with Crippen molar-refractivity contribution < 1.29 is 22.7 Å². The minimum atomic E-state index is -1.63. The number of nitrogens with one attached hydrogen (secondary N) is 1. The van der Waals surface area contributed by atoms with Gasteiger partial charge in [0, 0.05) is 6.08 Å². The van der Waals surface area contributed by atoms with E-state index in [0.717, 1.165) is 17.7 Å². The van der Waals surface area contributed by atoms with Gasteiger partial charge in [-0.1, -0.05) is 42.5 Å². The molecule has 0 bridgehead atoms. The number of anilines is 1. The summed E-state index contributed by atoms with van der Waals surface area (Å²) in [7, 11) is 0. The van der Waals surface area contributed by atoms with Crippen LogP contribution >= 0.6 is 0 Å². The molecular formula is C22H16F3NO2. The second-order valence-corrected chi connectivity index (χ2v) is 5.89. The molecule has 142 valence electrons. The van der Waals surface area contributed by atoms with E-state index in [9.17, 15) is 18.0 Å². The molecule has 1 amide bonds. The smallest absolute Gasteiger partial charge is 0.248 e. The van der Waals surface area contributed by atoms with Crippen LogP contribution in [0, 0.1) is 17.5 Å². The molecule has 6 heteroatoms. The molecule has 3 rings (SSSR count). The van der Waals surface area contributed by atoms with Crippen LogP contribution in [0.5, 0.6) is 5.75 Å². The maximum absolute atomic E-state index is 13.6. The van der Waals surface area contributed by atoms with Gasteiger partial charge in [-0.05, 0) is 41.5 Å². The SMILES string of the molecule is O=C(/C=C/c1ccc(OCc2ccccc2)cc1)Nc1ccc(F)c(F)c1F. The second kappa shape index (κ2) is 8.90. The molecule has 0 aliphatic rings. The zero-order valence-corrected chi connectivity index (χ0v) is 14.7. The highest BCUT2D eigenvalue weighted by atomic mass is 19.2. The highest BCUT2D eigenvalue weighted by Gasteiger charge is 2.14. The molecule has 0 heterocycles. The number of halogens is 3. The fourth-order valence-corrected chi connectivity index (χ4v) is 2.38. The zero-order valence-electron chi connectivity index (χ0n) is 14.7. The Morgan fingerprint density at radius 3 is 2.32 bits per heavy atom. The number of hydrogen-bond donors (Lipinski definition) is 1. The van der Waals surface area contributed by atoms with Crippen LogP contribution in [0.25, 0.3) is 6.08 Å². The number of amides is 1. The Bertz CT molecular complexity index is 987. The van der Waals surface area contributed by atoms with E-state index in [1.807, 2.05) is 30.3 Å². The predicted molar refractivity (Wildman–Crippen MR) is 101 cm³/mol. The lowest BCUT2D eigenvalue weighted by Crippen LogP contribution is -2.10. The lowest BCUT2D eigenvalue weighted by Gasteiger charge is -2.06. The maximum atomic E-state index is 13.6. The van der Waals surface area contributed by atoms with Crippen molar-refractivity contribution in [2.45, 2.75) is 6.61 Å². The summed E-state index contributed by atoms with van der Waals surface area (Å²) >= 11 is 0. The van der Waals surface area contributed by atoms with Gasteiger partial charge in [0.2, 0.25) is 5.91 Å². The van der Waals surface area contributed by atoms with Crippen LogP contribution < -0.4 is 10.1 Å². The summed E-state index contributed by atoms with van der Waals surface area (Å²) in [6.45, 7) is 0.443. The quantitative estimate of drug-likeness (QED) is 0.461. The molecule has 0 aromatic heterocycles. The van der Waals surface area contributed by atoms with Crippen LogP contribution in [-0.4, -0.2) is 5.91 Å². The first kappa shape index (κ1) is 19.2. The van der Waals surface area contributed by atoms with Crippen molar-refractivity contribution in [1.82, 2.24) is 0 Å². The Morgan fingerprint density at radius 1 is 0.893 bits per heavy atom. The lowest BCUT2D eigenvalue weighted by molar-refractivity contribution is -0.111. The highest BCUT2D eigenvalue weighted by Crippen LogP contribution is 2.20. The molecule has 28 heavy (non-hydrogen) atoms. The van der Waals surface area contributed by atoms with Crippen LogP contribution in [-0.2, 0) is 11.4 Å². The summed E-state index contributed by atoms with van der Waals surface area (Å²) in [4.78, 5) is 11.9. The van der Waals surface area contributed by atoms with Crippen LogP contribution in [0.15, 0.2) is 72.8 Å². The van der Waals surface area contributed by atoms with Crippen molar-refractivity contribution in [2.24, 2.45) is 0 Å². The van der Waals surface area contributed by atoms with Gasteiger partial charge in [0.15, 0.2) is 17.5 Å². The average Bonchev–Trinajstić information content (AvgIpc) is 2.73. The number of carbonyl (C=O) groups is 1. The Hall–Kier alpha value is -3.54. The van der Waals surface area contributed by atoms with E-state index >= 15 is 0 Å². The predicted octanol–water partition coefficient (Wildman–Crippen LogP) is 5.33.